The van der Waals surface area contributed by atoms with Crippen molar-refractivity contribution in [3.63, 3.8) is 0 Å². The molecule has 0 spiro atoms. The molecule has 7 aromatic rings. The quantitative estimate of drug-likeness (QED) is 0.250. The lowest BCUT2D eigenvalue weighted by Crippen LogP contribution is -1.83. The fraction of sp³-hybridized carbons (Fsp3) is 0. The van der Waals surface area contributed by atoms with Gasteiger partial charge in [-0.2, -0.15) is 0 Å². The van der Waals surface area contributed by atoms with E-state index < -0.39 is 0 Å². The Bertz CT molecular complexity index is 1630. The second kappa shape index (κ2) is 6.95. The zero-order chi connectivity index (χ0) is 21.1. The van der Waals surface area contributed by atoms with Gasteiger partial charge in [0.2, 0.25) is 0 Å². The Balaban J connectivity index is 1.42. The van der Waals surface area contributed by atoms with Crippen LogP contribution in [-0.4, -0.2) is 9.97 Å². The molecular formula is C28H16N2S2. The third-order valence-corrected chi connectivity index (χ3v) is 7.71. The summed E-state index contributed by atoms with van der Waals surface area (Å²) >= 11 is 3.35. The molecule has 0 bridgehead atoms. The Morgan fingerprint density at radius 3 is 1.16 bits per heavy atom. The van der Waals surface area contributed by atoms with Crippen LogP contribution in [0.2, 0.25) is 0 Å². The van der Waals surface area contributed by atoms with Gasteiger partial charge in [0, 0.05) is 34.3 Å². The molecule has 0 atom stereocenters. The summed E-state index contributed by atoms with van der Waals surface area (Å²) < 4.78 is 0. The van der Waals surface area contributed by atoms with E-state index in [0.717, 1.165) is 10.0 Å². The van der Waals surface area contributed by atoms with Gasteiger partial charge in [0.1, 0.15) is 10.0 Å². The maximum absolute atomic E-state index is 4.46. The van der Waals surface area contributed by atoms with E-state index in [-0.39, 0.29) is 0 Å². The summed E-state index contributed by atoms with van der Waals surface area (Å²) in [5.41, 5.74) is 2.35. The van der Waals surface area contributed by atoms with E-state index in [1.165, 1.54) is 54.2 Å². The van der Waals surface area contributed by atoms with Gasteiger partial charge in [0.15, 0.2) is 0 Å². The first-order valence-electron chi connectivity index (χ1n) is 10.5. The van der Waals surface area contributed by atoms with Gasteiger partial charge < -0.3 is 0 Å². The van der Waals surface area contributed by atoms with Crippen LogP contribution in [0.5, 0.6) is 0 Å². The molecule has 0 N–H and O–H groups in total. The summed E-state index contributed by atoms with van der Waals surface area (Å²) in [4.78, 5) is 8.93. The summed E-state index contributed by atoms with van der Waals surface area (Å²) in [7, 11) is 0. The topological polar surface area (TPSA) is 25.8 Å². The largest absolute Gasteiger partial charge is 0.245 e. The Hall–Kier alpha value is -3.60. The van der Waals surface area contributed by atoms with Gasteiger partial charge >= 0.3 is 0 Å². The molecule has 0 aliphatic carbocycles. The molecule has 0 fully saturated rings. The molecular weight excluding hydrogens is 428 g/mol. The van der Waals surface area contributed by atoms with Gasteiger partial charge in [0.25, 0.3) is 0 Å². The number of hydrogen-bond acceptors (Lipinski definition) is 4. The molecule has 2 nitrogen and oxygen atoms in total. The summed E-state index contributed by atoms with van der Waals surface area (Å²) in [5, 5.41) is 16.2. The fourth-order valence-corrected chi connectivity index (χ4v) is 5.77. The third kappa shape index (κ3) is 2.92. The number of aromatic nitrogens is 2. The van der Waals surface area contributed by atoms with E-state index in [9.17, 15) is 0 Å². The predicted octanol–water partition coefficient (Wildman–Crippen LogP) is 8.55. The van der Waals surface area contributed by atoms with Crippen molar-refractivity contribution in [2.75, 3.05) is 0 Å². The molecule has 0 aliphatic rings. The molecule has 150 valence electrons. The molecule has 0 amide bonds. The van der Waals surface area contributed by atoms with Gasteiger partial charge in [-0.1, -0.05) is 24.3 Å². The van der Waals surface area contributed by atoms with Crippen molar-refractivity contribution < 1.29 is 0 Å². The first kappa shape index (κ1) is 18.0. The number of nitrogens with zero attached hydrogens (tertiary/aromatic N) is 2. The predicted molar refractivity (Wildman–Crippen MR) is 139 cm³/mol. The Morgan fingerprint density at radius 1 is 0.406 bits per heavy atom. The second-order valence-electron chi connectivity index (χ2n) is 8.05. The lowest BCUT2D eigenvalue weighted by atomic mass is 9.96. The third-order valence-electron chi connectivity index (χ3n) is 6.06. The molecule has 0 saturated heterocycles. The molecule has 0 unspecified atom stereocenters. The van der Waals surface area contributed by atoms with E-state index in [1.807, 2.05) is 23.2 Å². The van der Waals surface area contributed by atoms with Gasteiger partial charge in [-0.3, -0.25) is 0 Å². The SMILES string of the molecule is c1csc(-c2ccc3cc4cc5cc6cc(-c7nccs7)ccc6cc5cc4cc3c2)n1. The number of rotatable bonds is 2. The van der Waals surface area contributed by atoms with Crippen LogP contribution in [0.4, 0.5) is 0 Å². The Labute approximate surface area is 192 Å². The van der Waals surface area contributed by atoms with E-state index in [0.29, 0.717) is 0 Å². The molecule has 5 aromatic carbocycles. The van der Waals surface area contributed by atoms with Crippen molar-refractivity contribution in [1.82, 2.24) is 9.97 Å². The number of thiazole rings is 2. The minimum absolute atomic E-state index is 1.06. The highest BCUT2D eigenvalue weighted by Gasteiger charge is 2.07. The van der Waals surface area contributed by atoms with E-state index in [1.54, 1.807) is 22.7 Å². The Kier molecular flexibility index (Phi) is 3.92. The average Bonchev–Trinajstić information content (AvgIpc) is 3.54. The average molecular weight is 445 g/mol. The van der Waals surface area contributed by atoms with Gasteiger partial charge in [-0.25, -0.2) is 9.97 Å². The van der Waals surface area contributed by atoms with Crippen LogP contribution in [0, 0.1) is 0 Å². The van der Waals surface area contributed by atoms with Crippen molar-refractivity contribution in [3.05, 3.63) is 96.0 Å². The molecule has 4 heteroatoms. The molecule has 2 heterocycles. The number of benzene rings is 5. The molecule has 0 saturated carbocycles. The maximum Gasteiger partial charge on any atom is 0.123 e. The maximum atomic E-state index is 4.46. The molecule has 7 rings (SSSR count). The molecule has 2 aromatic heterocycles. The first-order chi connectivity index (χ1) is 15.8. The van der Waals surface area contributed by atoms with Crippen molar-refractivity contribution in [2.24, 2.45) is 0 Å². The van der Waals surface area contributed by atoms with Crippen LogP contribution in [-0.2, 0) is 0 Å². The summed E-state index contributed by atoms with van der Waals surface area (Å²) in [6.07, 6.45) is 3.72. The highest BCUT2D eigenvalue weighted by molar-refractivity contribution is 7.13. The molecule has 0 aliphatic heterocycles. The first-order valence-corrected chi connectivity index (χ1v) is 12.2. The standard InChI is InChI=1S/C28H16N2S2/c1-3-19(27-29-5-7-31-27)11-21-13-25-16-24-10-18-2-4-20(28-30-6-8-32-28)12-22(18)14-26(24)15-23(25)9-17(1)21/h1-16H. The van der Waals surface area contributed by atoms with Crippen LogP contribution in [0.3, 0.4) is 0 Å². The molecule has 0 radical (unpaired) electrons. The Morgan fingerprint density at radius 2 is 0.781 bits per heavy atom. The number of hydrogen-bond donors (Lipinski definition) is 0. The van der Waals surface area contributed by atoms with Gasteiger partial charge in [-0.15, -0.1) is 22.7 Å². The summed E-state index contributed by atoms with van der Waals surface area (Å²) in [5.74, 6) is 0. The zero-order valence-electron chi connectivity index (χ0n) is 16.9. The van der Waals surface area contributed by atoms with Gasteiger partial charge in [-0.05, 0) is 91.6 Å². The minimum atomic E-state index is 1.06. The summed E-state index contributed by atoms with van der Waals surface area (Å²) in [6.45, 7) is 0. The number of fused-ring (bicyclic) bond motifs is 4. The lowest BCUT2D eigenvalue weighted by molar-refractivity contribution is 1.42. The van der Waals surface area contributed by atoms with Gasteiger partial charge in [0.05, 0.1) is 0 Å². The van der Waals surface area contributed by atoms with E-state index in [2.05, 4.69) is 82.8 Å². The van der Waals surface area contributed by atoms with Crippen LogP contribution in [0.25, 0.3) is 64.2 Å². The van der Waals surface area contributed by atoms with Crippen LogP contribution in [0.15, 0.2) is 96.0 Å². The smallest absolute Gasteiger partial charge is 0.123 e. The van der Waals surface area contributed by atoms with Crippen LogP contribution in [0.1, 0.15) is 0 Å². The van der Waals surface area contributed by atoms with Crippen LogP contribution < -0.4 is 0 Å². The minimum Gasteiger partial charge on any atom is -0.245 e. The highest BCUT2D eigenvalue weighted by atomic mass is 32.1. The fourth-order valence-electron chi connectivity index (χ4n) is 4.50. The zero-order valence-corrected chi connectivity index (χ0v) is 18.6. The second-order valence-corrected chi connectivity index (χ2v) is 9.84. The monoisotopic (exact) mass is 444 g/mol. The summed E-state index contributed by atoms with van der Waals surface area (Å²) in [6, 6.07) is 27.1. The van der Waals surface area contributed by atoms with E-state index >= 15 is 0 Å². The van der Waals surface area contributed by atoms with Crippen molar-refractivity contribution in [3.8, 4) is 21.1 Å². The van der Waals surface area contributed by atoms with E-state index in [4.69, 9.17) is 0 Å². The normalized spacial score (nSPS) is 11.8. The van der Waals surface area contributed by atoms with Crippen molar-refractivity contribution in [1.29, 1.82) is 0 Å². The van der Waals surface area contributed by atoms with Crippen molar-refractivity contribution >= 4 is 65.8 Å². The highest BCUT2D eigenvalue weighted by Crippen LogP contribution is 2.33. The molecule has 32 heavy (non-hydrogen) atoms. The van der Waals surface area contributed by atoms with Crippen LogP contribution >= 0.6 is 22.7 Å². The lowest BCUT2D eigenvalue weighted by Gasteiger charge is -2.08. The van der Waals surface area contributed by atoms with Crippen molar-refractivity contribution in [2.45, 2.75) is 0 Å².